The summed E-state index contributed by atoms with van der Waals surface area (Å²) in [6.45, 7) is 1.61. The largest absolute Gasteiger partial charge is 0.490 e. The summed E-state index contributed by atoms with van der Waals surface area (Å²) in [5, 5.41) is 0. The monoisotopic (exact) mass is 340 g/mol. The molecule has 1 rings (SSSR count). The zero-order chi connectivity index (χ0) is 12.0. The smallest absolute Gasteiger partial charge is 0.166 e. The standard InChI is InChI=1S/C12H15F2IO/c1-2-11(15)12(14)10(13)8-16-9-6-4-3-5-7-9/h3-7,10-12H,2,8H2,1H3. The molecule has 16 heavy (non-hydrogen) atoms. The van der Waals surface area contributed by atoms with Crippen molar-refractivity contribution in [3.63, 3.8) is 0 Å². The molecule has 0 saturated carbocycles. The third kappa shape index (κ3) is 4.23. The molecule has 0 fully saturated rings. The molecule has 3 unspecified atom stereocenters. The quantitative estimate of drug-likeness (QED) is 0.563. The number of hydrogen-bond donors (Lipinski definition) is 0. The van der Waals surface area contributed by atoms with E-state index in [4.69, 9.17) is 4.74 Å². The SMILES string of the molecule is CCC(I)C(F)C(F)COc1ccccc1. The summed E-state index contributed by atoms with van der Waals surface area (Å²) in [5.41, 5.74) is 0. The van der Waals surface area contributed by atoms with Gasteiger partial charge in [-0.2, -0.15) is 0 Å². The molecule has 0 saturated heterocycles. The van der Waals surface area contributed by atoms with Gasteiger partial charge in [-0.3, -0.25) is 0 Å². The first kappa shape index (κ1) is 13.7. The molecule has 1 aromatic carbocycles. The van der Waals surface area contributed by atoms with Crippen LogP contribution in [-0.2, 0) is 0 Å². The first-order valence-corrected chi connectivity index (χ1v) is 6.49. The first-order valence-electron chi connectivity index (χ1n) is 5.25. The molecule has 0 aliphatic rings. The van der Waals surface area contributed by atoms with E-state index in [2.05, 4.69) is 0 Å². The fourth-order valence-electron chi connectivity index (χ4n) is 1.24. The molecule has 90 valence electrons. The molecule has 0 amide bonds. The summed E-state index contributed by atoms with van der Waals surface area (Å²) < 4.78 is 31.7. The van der Waals surface area contributed by atoms with Crippen LogP contribution >= 0.6 is 22.6 Å². The van der Waals surface area contributed by atoms with E-state index in [1.54, 1.807) is 24.3 Å². The molecular weight excluding hydrogens is 325 g/mol. The lowest BCUT2D eigenvalue weighted by Gasteiger charge is -2.18. The van der Waals surface area contributed by atoms with E-state index in [0.717, 1.165) is 0 Å². The zero-order valence-electron chi connectivity index (χ0n) is 9.08. The number of para-hydroxylation sites is 1. The number of hydrogen-bond acceptors (Lipinski definition) is 1. The van der Waals surface area contributed by atoms with Crippen molar-refractivity contribution in [2.45, 2.75) is 29.6 Å². The van der Waals surface area contributed by atoms with E-state index in [9.17, 15) is 8.78 Å². The second-order valence-electron chi connectivity index (χ2n) is 3.51. The van der Waals surface area contributed by atoms with Gasteiger partial charge >= 0.3 is 0 Å². The second-order valence-corrected chi connectivity index (χ2v) is 5.11. The molecule has 0 bridgehead atoms. The Hall–Kier alpha value is -0.390. The first-order chi connectivity index (χ1) is 7.65. The second kappa shape index (κ2) is 7.04. The van der Waals surface area contributed by atoms with Gasteiger partial charge in [-0.1, -0.05) is 47.7 Å². The van der Waals surface area contributed by atoms with Crippen LogP contribution in [0.15, 0.2) is 30.3 Å². The van der Waals surface area contributed by atoms with Gasteiger partial charge in [0.05, 0.1) is 0 Å². The fraction of sp³-hybridized carbons (Fsp3) is 0.500. The van der Waals surface area contributed by atoms with Gasteiger partial charge in [0.1, 0.15) is 18.5 Å². The summed E-state index contributed by atoms with van der Waals surface area (Å²) in [6.07, 6.45) is -2.41. The highest BCUT2D eigenvalue weighted by atomic mass is 127. The molecule has 0 radical (unpaired) electrons. The maximum Gasteiger partial charge on any atom is 0.166 e. The average Bonchev–Trinajstić information content (AvgIpc) is 2.35. The van der Waals surface area contributed by atoms with Crippen molar-refractivity contribution >= 4 is 22.6 Å². The summed E-state index contributed by atoms with van der Waals surface area (Å²) in [7, 11) is 0. The van der Waals surface area contributed by atoms with E-state index in [-0.39, 0.29) is 10.5 Å². The molecular formula is C12H15F2IO. The Morgan fingerprint density at radius 3 is 2.44 bits per heavy atom. The molecule has 0 aliphatic carbocycles. The molecule has 3 atom stereocenters. The fourth-order valence-corrected chi connectivity index (χ4v) is 1.69. The van der Waals surface area contributed by atoms with Gasteiger partial charge in [-0.15, -0.1) is 0 Å². The number of ether oxygens (including phenoxy) is 1. The predicted octanol–water partition coefficient (Wildman–Crippen LogP) is 3.96. The predicted molar refractivity (Wildman–Crippen MR) is 69.8 cm³/mol. The van der Waals surface area contributed by atoms with Crippen molar-refractivity contribution < 1.29 is 13.5 Å². The molecule has 0 N–H and O–H groups in total. The van der Waals surface area contributed by atoms with Gasteiger partial charge in [0.2, 0.25) is 0 Å². The van der Waals surface area contributed by atoms with Crippen LogP contribution in [0.1, 0.15) is 13.3 Å². The number of rotatable bonds is 6. The van der Waals surface area contributed by atoms with Crippen molar-refractivity contribution in [3.8, 4) is 5.75 Å². The van der Waals surface area contributed by atoms with Crippen molar-refractivity contribution in [1.82, 2.24) is 0 Å². The van der Waals surface area contributed by atoms with Crippen LogP contribution in [0.4, 0.5) is 8.78 Å². The lowest BCUT2D eigenvalue weighted by molar-refractivity contribution is 0.109. The normalized spacial score (nSPS) is 16.5. The summed E-state index contributed by atoms with van der Waals surface area (Å²) >= 11 is 1.93. The highest BCUT2D eigenvalue weighted by Gasteiger charge is 2.27. The van der Waals surface area contributed by atoms with Crippen molar-refractivity contribution in [2.24, 2.45) is 0 Å². The maximum absolute atomic E-state index is 13.4. The number of alkyl halides is 3. The van der Waals surface area contributed by atoms with E-state index in [1.165, 1.54) is 0 Å². The Bertz CT molecular complexity index is 294. The van der Waals surface area contributed by atoms with Gasteiger partial charge in [-0.05, 0) is 18.6 Å². The van der Waals surface area contributed by atoms with Gasteiger partial charge in [0, 0.05) is 3.92 Å². The Morgan fingerprint density at radius 2 is 1.88 bits per heavy atom. The Labute approximate surface area is 108 Å². The van der Waals surface area contributed by atoms with Crippen molar-refractivity contribution in [2.75, 3.05) is 6.61 Å². The van der Waals surface area contributed by atoms with Crippen LogP contribution in [0.5, 0.6) is 5.75 Å². The highest BCUT2D eigenvalue weighted by molar-refractivity contribution is 14.1. The highest BCUT2D eigenvalue weighted by Crippen LogP contribution is 2.20. The van der Waals surface area contributed by atoms with Gasteiger partial charge in [0.15, 0.2) is 6.17 Å². The summed E-state index contributed by atoms with van der Waals surface area (Å²) in [4.78, 5) is 0. The Balaban J connectivity index is 2.38. The maximum atomic E-state index is 13.4. The van der Waals surface area contributed by atoms with E-state index < -0.39 is 12.3 Å². The zero-order valence-corrected chi connectivity index (χ0v) is 11.2. The van der Waals surface area contributed by atoms with E-state index in [1.807, 2.05) is 35.6 Å². The lowest BCUT2D eigenvalue weighted by atomic mass is 10.1. The minimum Gasteiger partial charge on any atom is -0.490 e. The van der Waals surface area contributed by atoms with Crippen LogP contribution < -0.4 is 4.74 Å². The van der Waals surface area contributed by atoms with Crippen LogP contribution in [0.3, 0.4) is 0 Å². The van der Waals surface area contributed by atoms with E-state index >= 15 is 0 Å². The molecule has 4 heteroatoms. The van der Waals surface area contributed by atoms with Crippen LogP contribution in [0.25, 0.3) is 0 Å². The Morgan fingerprint density at radius 1 is 1.25 bits per heavy atom. The third-order valence-corrected chi connectivity index (χ3v) is 3.80. The molecule has 0 aliphatic heterocycles. The van der Waals surface area contributed by atoms with Crippen molar-refractivity contribution in [1.29, 1.82) is 0 Å². The van der Waals surface area contributed by atoms with Crippen LogP contribution in [0, 0.1) is 0 Å². The summed E-state index contributed by atoms with van der Waals surface area (Å²) in [5.74, 6) is 0.568. The van der Waals surface area contributed by atoms with Gasteiger partial charge in [0.25, 0.3) is 0 Å². The minimum atomic E-state index is -1.57. The summed E-state index contributed by atoms with van der Waals surface area (Å²) in [6, 6.07) is 8.88. The number of benzene rings is 1. The van der Waals surface area contributed by atoms with Crippen LogP contribution in [0.2, 0.25) is 0 Å². The molecule has 0 spiro atoms. The third-order valence-electron chi connectivity index (χ3n) is 2.23. The molecule has 1 nitrogen and oxygen atoms in total. The van der Waals surface area contributed by atoms with Gasteiger partial charge < -0.3 is 4.74 Å². The topological polar surface area (TPSA) is 9.23 Å². The molecule has 0 aromatic heterocycles. The molecule has 0 heterocycles. The Kier molecular flexibility index (Phi) is 6.01. The van der Waals surface area contributed by atoms with Crippen LogP contribution in [-0.4, -0.2) is 22.9 Å². The number of halogens is 3. The lowest BCUT2D eigenvalue weighted by Crippen LogP contribution is -2.31. The van der Waals surface area contributed by atoms with Gasteiger partial charge in [-0.25, -0.2) is 8.78 Å². The minimum absolute atomic E-state index is 0.231. The van der Waals surface area contributed by atoms with E-state index in [0.29, 0.717) is 12.2 Å². The van der Waals surface area contributed by atoms with Crippen molar-refractivity contribution in [3.05, 3.63) is 30.3 Å². The average molecular weight is 340 g/mol. The molecule has 1 aromatic rings.